The van der Waals surface area contributed by atoms with E-state index in [1.807, 2.05) is 22.9 Å². The summed E-state index contributed by atoms with van der Waals surface area (Å²) in [5.41, 5.74) is 0.962. The third kappa shape index (κ3) is 4.79. The summed E-state index contributed by atoms with van der Waals surface area (Å²) in [5.74, 6) is -0.0376. The predicted molar refractivity (Wildman–Crippen MR) is 81.6 cm³/mol. The maximum atomic E-state index is 13.2. The highest BCUT2D eigenvalue weighted by atomic mass is 19.1. The van der Waals surface area contributed by atoms with Crippen molar-refractivity contribution < 1.29 is 9.18 Å². The molecule has 1 saturated heterocycles. The molecule has 0 spiro atoms. The van der Waals surface area contributed by atoms with Crippen molar-refractivity contribution in [2.24, 2.45) is 0 Å². The Morgan fingerprint density at radius 1 is 1.43 bits per heavy atom. The van der Waals surface area contributed by atoms with Crippen molar-refractivity contribution in [2.45, 2.75) is 19.4 Å². The first-order valence-corrected chi connectivity index (χ1v) is 7.49. The van der Waals surface area contributed by atoms with Gasteiger partial charge < -0.3 is 10.2 Å². The average Bonchev–Trinajstić information content (AvgIpc) is 2.48. The van der Waals surface area contributed by atoms with E-state index in [0.29, 0.717) is 6.54 Å². The van der Waals surface area contributed by atoms with Crippen molar-refractivity contribution in [3.05, 3.63) is 35.6 Å². The van der Waals surface area contributed by atoms with Gasteiger partial charge >= 0.3 is 0 Å². The number of piperazine rings is 1. The van der Waals surface area contributed by atoms with E-state index in [2.05, 4.69) is 12.2 Å². The Hall–Kier alpha value is -1.46. The fraction of sp³-hybridized carbons (Fsp3) is 0.562. The van der Waals surface area contributed by atoms with Gasteiger partial charge in [-0.15, -0.1) is 0 Å². The van der Waals surface area contributed by atoms with Crippen molar-refractivity contribution in [3.8, 4) is 0 Å². The molecule has 0 aromatic heterocycles. The molecule has 0 bridgehead atoms. The minimum atomic E-state index is -0.209. The number of likely N-dealkylation sites (N-methyl/N-ethyl adjacent to an activating group) is 1. The van der Waals surface area contributed by atoms with Gasteiger partial charge in [-0.1, -0.05) is 12.1 Å². The first-order chi connectivity index (χ1) is 10.1. The SMILES string of the molecule is CC(Cc1cccc(F)c1)N(C)CC(=O)N1CCNCC1. The third-order valence-corrected chi connectivity index (χ3v) is 4.03. The van der Waals surface area contributed by atoms with Crippen LogP contribution >= 0.6 is 0 Å². The van der Waals surface area contributed by atoms with E-state index in [1.54, 1.807) is 12.1 Å². The lowest BCUT2D eigenvalue weighted by atomic mass is 10.1. The lowest BCUT2D eigenvalue weighted by Crippen LogP contribution is -2.50. The number of nitrogens with zero attached hydrogens (tertiary/aromatic N) is 2. The summed E-state index contributed by atoms with van der Waals surface area (Å²) in [5, 5.41) is 3.24. The lowest BCUT2D eigenvalue weighted by Gasteiger charge is -2.31. The molecule has 1 aromatic carbocycles. The summed E-state index contributed by atoms with van der Waals surface area (Å²) in [6.45, 7) is 5.78. The number of hydrogen-bond donors (Lipinski definition) is 1. The molecule has 1 fully saturated rings. The van der Waals surface area contributed by atoms with E-state index in [9.17, 15) is 9.18 Å². The quantitative estimate of drug-likeness (QED) is 0.884. The van der Waals surface area contributed by atoms with Gasteiger partial charge in [0.1, 0.15) is 5.82 Å². The summed E-state index contributed by atoms with van der Waals surface area (Å²) >= 11 is 0. The highest BCUT2D eigenvalue weighted by Gasteiger charge is 2.20. The van der Waals surface area contributed by atoms with Crippen LogP contribution in [0.1, 0.15) is 12.5 Å². The fourth-order valence-corrected chi connectivity index (χ4v) is 2.54. The molecule has 2 rings (SSSR count). The lowest BCUT2D eigenvalue weighted by molar-refractivity contribution is -0.133. The average molecular weight is 293 g/mol. The Morgan fingerprint density at radius 2 is 2.14 bits per heavy atom. The Labute approximate surface area is 125 Å². The second kappa shape index (κ2) is 7.52. The number of hydrogen-bond acceptors (Lipinski definition) is 3. The number of carbonyl (C=O) groups excluding carboxylic acids is 1. The zero-order valence-corrected chi connectivity index (χ0v) is 12.8. The van der Waals surface area contributed by atoms with Crippen LogP contribution in [-0.4, -0.2) is 61.5 Å². The van der Waals surface area contributed by atoms with E-state index in [1.165, 1.54) is 6.07 Å². The van der Waals surface area contributed by atoms with Gasteiger partial charge in [0.2, 0.25) is 5.91 Å². The summed E-state index contributed by atoms with van der Waals surface area (Å²) in [6, 6.07) is 6.85. The number of carbonyl (C=O) groups is 1. The third-order valence-electron chi connectivity index (χ3n) is 4.03. The first kappa shape index (κ1) is 15.9. The van der Waals surface area contributed by atoms with Crippen LogP contribution in [0.5, 0.6) is 0 Å². The van der Waals surface area contributed by atoms with Gasteiger partial charge in [-0.25, -0.2) is 4.39 Å². The smallest absolute Gasteiger partial charge is 0.236 e. The van der Waals surface area contributed by atoms with Crippen LogP contribution < -0.4 is 5.32 Å². The molecule has 1 aliphatic rings. The molecule has 0 aliphatic carbocycles. The minimum absolute atomic E-state index is 0.171. The molecule has 1 aliphatic heterocycles. The molecule has 1 aromatic rings. The van der Waals surface area contributed by atoms with Crippen molar-refractivity contribution in [3.63, 3.8) is 0 Å². The molecular weight excluding hydrogens is 269 g/mol. The van der Waals surface area contributed by atoms with E-state index < -0.39 is 0 Å². The Balaban J connectivity index is 1.84. The predicted octanol–water partition coefficient (Wildman–Crippen LogP) is 1.12. The highest BCUT2D eigenvalue weighted by molar-refractivity contribution is 5.78. The molecule has 116 valence electrons. The molecule has 0 radical (unpaired) electrons. The molecular formula is C16H24FN3O. The zero-order valence-electron chi connectivity index (χ0n) is 12.8. The van der Waals surface area contributed by atoms with Gasteiger partial charge in [-0.05, 0) is 38.1 Å². The normalized spacial score (nSPS) is 17.0. The molecule has 0 saturated carbocycles. The molecule has 1 N–H and O–H groups in total. The van der Waals surface area contributed by atoms with Crippen LogP contribution in [0.2, 0.25) is 0 Å². The topological polar surface area (TPSA) is 35.6 Å². The molecule has 1 unspecified atom stereocenters. The van der Waals surface area contributed by atoms with Crippen LogP contribution in [0.4, 0.5) is 4.39 Å². The van der Waals surface area contributed by atoms with Gasteiger partial charge in [0.05, 0.1) is 6.54 Å². The summed E-state index contributed by atoms with van der Waals surface area (Å²) in [4.78, 5) is 16.2. The highest BCUT2D eigenvalue weighted by Crippen LogP contribution is 2.10. The monoisotopic (exact) mass is 293 g/mol. The van der Waals surface area contributed by atoms with Gasteiger partial charge in [0.15, 0.2) is 0 Å². The standard InChI is InChI=1S/C16H24FN3O/c1-13(10-14-4-3-5-15(17)11-14)19(2)12-16(21)20-8-6-18-7-9-20/h3-5,11,13,18H,6-10,12H2,1-2H3. The Morgan fingerprint density at radius 3 is 2.81 bits per heavy atom. The van der Waals surface area contributed by atoms with Crippen molar-refractivity contribution in [1.29, 1.82) is 0 Å². The summed E-state index contributed by atoms with van der Waals surface area (Å²) in [7, 11) is 1.95. The molecule has 4 nitrogen and oxygen atoms in total. The van der Waals surface area contributed by atoms with Gasteiger partial charge in [0, 0.05) is 32.2 Å². The van der Waals surface area contributed by atoms with Gasteiger partial charge in [-0.3, -0.25) is 9.69 Å². The van der Waals surface area contributed by atoms with Crippen LogP contribution in [0.25, 0.3) is 0 Å². The molecule has 1 heterocycles. The van der Waals surface area contributed by atoms with Crippen LogP contribution in [-0.2, 0) is 11.2 Å². The van der Waals surface area contributed by atoms with E-state index in [-0.39, 0.29) is 17.8 Å². The first-order valence-electron chi connectivity index (χ1n) is 7.49. The van der Waals surface area contributed by atoms with E-state index in [0.717, 1.165) is 38.2 Å². The maximum absolute atomic E-state index is 13.2. The maximum Gasteiger partial charge on any atom is 0.236 e. The van der Waals surface area contributed by atoms with E-state index in [4.69, 9.17) is 0 Å². The second-order valence-electron chi connectivity index (χ2n) is 5.73. The molecule has 5 heteroatoms. The molecule has 1 atom stereocenters. The van der Waals surface area contributed by atoms with Crippen LogP contribution in [0.3, 0.4) is 0 Å². The molecule has 21 heavy (non-hydrogen) atoms. The summed E-state index contributed by atoms with van der Waals surface area (Å²) < 4.78 is 13.2. The van der Waals surface area contributed by atoms with Crippen LogP contribution in [0, 0.1) is 5.82 Å². The number of nitrogens with one attached hydrogen (secondary N) is 1. The van der Waals surface area contributed by atoms with E-state index >= 15 is 0 Å². The minimum Gasteiger partial charge on any atom is -0.339 e. The molecule has 1 amide bonds. The Bertz CT molecular complexity index is 474. The van der Waals surface area contributed by atoms with Crippen molar-refractivity contribution in [2.75, 3.05) is 39.8 Å². The number of benzene rings is 1. The zero-order chi connectivity index (χ0) is 15.2. The van der Waals surface area contributed by atoms with Gasteiger partial charge in [0.25, 0.3) is 0 Å². The van der Waals surface area contributed by atoms with Gasteiger partial charge in [-0.2, -0.15) is 0 Å². The summed E-state index contributed by atoms with van der Waals surface area (Å²) in [6.07, 6.45) is 0.739. The Kier molecular flexibility index (Phi) is 5.70. The van der Waals surface area contributed by atoms with Crippen molar-refractivity contribution in [1.82, 2.24) is 15.1 Å². The number of amides is 1. The second-order valence-corrected chi connectivity index (χ2v) is 5.73. The largest absolute Gasteiger partial charge is 0.339 e. The number of rotatable bonds is 5. The number of halogens is 1. The van der Waals surface area contributed by atoms with Crippen molar-refractivity contribution >= 4 is 5.91 Å². The van der Waals surface area contributed by atoms with Crippen LogP contribution in [0.15, 0.2) is 24.3 Å². The fourth-order valence-electron chi connectivity index (χ4n) is 2.54.